The van der Waals surface area contributed by atoms with Crippen molar-refractivity contribution in [3.8, 4) is 0 Å². The molecule has 0 aromatic heterocycles. The first kappa shape index (κ1) is 9.79. The molecule has 0 aromatic carbocycles. The molecule has 0 heterocycles. The fourth-order valence-electron chi connectivity index (χ4n) is 0.711. The summed E-state index contributed by atoms with van der Waals surface area (Å²) in [7, 11) is 0. The third kappa shape index (κ3) is 7.79. The lowest BCUT2D eigenvalue weighted by Gasteiger charge is -2.06. The average Bonchev–Trinajstić information content (AvgIpc) is 1.59. The maximum Gasteiger partial charge on any atom is 0.389 e. The number of alkyl halides is 3. The Morgan fingerprint density at radius 1 is 1.20 bits per heavy atom. The third-order valence-corrected chi connectivity index (χ3v) is 1.24. The van der Waals surface area contributed by atoms with E-state index in [-0.39, 0.29) is 6.42 Å². The molecule has 0 aliphatic rings. The van der Waals surface area contributed by atoms with Crippen LogP contribution in [0.25, 0.3) is 0 Å². The normalized spacial score (nSPS) is 12.6. The van der Waals surface area contributed by atoms with Crippen LogP contribution < -0.4 is 0 Å². The van der Waals surface area contributed by atoms with Gasteiger partial charge in [0.05, 0.1) is 0 Å². The Hall–Kier alpha value is -0.210. The molecule has 0 saturated carbocycles. The minimum atomic E-state index is -3.96. The highest BCUT2D eigenvalue weighted by molar-refractivity contribution is 4.52. The van der Waals surface area contributed by atoms with Crippen LogP contribution in [-0.2, 0) is 0 Å². The van der Waals surface area contributed by atoms with Crippen molar-refractivity contribution in [1.29, 1.82) is 0 Å². The highest BCUT2D eigenvalue weighted by atomic mass is 19.4. The molecule has 0 fully saturated rings. The van der Waals surface area contributed by atoms with E-state index in [9.17, 15) is 13.2 Å². The van der Waals surface area contributed by atoms with E-state index >= 15 is 0 Å². The molecule has 0 radical (unpaired) electrons. The van der Waals surface area contributed by atoms with Gasteiger partial charge in [-0.2, -0.15) is 13.2 Å². The van der Waals surface area contributed by atoms with Crippen LogP contribution in [0.1, 0.15) is 33.1 Å². The second-order valence-electron chi connectivity index (χ2n) is 2.90. The molecule has 0 unspecified atom stereocenters. The summed E-state index contributed by atoms with van der Waals surface area (Å²) in [4.78, 5) is 0. The van der Waals surface area contributed by atoms with E-state index in [1.807, 2.05) is 13.8 Å². The standard InChI is InChI=1S/C7H13F3/c1-6(2)4-3-5-7(8,9)10/h6H,3-5H2,1-2H3. The van der Waals surface area contributed by atoms with Crippen LogP contribution in [0.4, 0.5) is 13.2 Å². The van der Waals surface area contributed by atoms with Gasteiger partial charge in [0.2, 0.25) is 0 Å². The molecule has 0 nitrogen and oxygen atoms in total. The van der Waals surface area contributed by atoms with Gasteiger partial charge in [-0.25, -0.2) is 0 Å². The molecule has 10 heavy (non-hydrogen) atoms. The van der Waals surface area contributed by atoms with Gasteiger partial charge in [0, 0.05) is 6.42 Å². The maximum absolute atomic E-state index is 11.5. The van der Waals surface area contributed by atoms with Gasteiger partial charge in [-0.1, -0.05) is 20.3 Å². The summed E-state index contributed by atoms with van der Waals surface area (Å²) < 4.78 is 34.5. The van der Waals surface area contributed by atoms with E-state index in [0.29, 0.717) is 12.3 Å². The van der Waals surface area contributed by atoms with Crippen molar-refractivity contribution in [1.82, 2.24) is 0 Å². The van der Waals surface area contributed by atoms with Crippen LogP contribution in [0.2, 0.25) is 0 Å². The summed E-state index contributed by atoms with van der Waals surface area (Å²) in [5.41, 5.74) is 0. The fourth-order valence-corrected chi connectivity index (χ4v) is 0.711. The lowest BCUT2D eigenvalue weighted by Crippen LogP contribution is -2.06. The van der Waals surface area contributed by atoms with Crippen molar-refractivity contribution >= 4 is 0 Å². The molecule has 0 aliphatic carbocycles. The molecular weight excluding hydrogens is 141 g/mol. The Morgan fingerprint density at radius 3 is 2.00 bits per heavy atom. The summed E-state index contributed by atoms with van der Waals surface area (Å²) in [5, 5.41) is 0. The monoisotopic (exact) mass is 154 g/mol. The van der Waals surface area contributed by atoms with Crippen molar-refractivity contribution in [3.05, 3.63) is 0 Å². The zero-order chi connectivity index (χ0) is 8.20. The topological polar surface area (TPSA) is 0 Å². The molecule has 0 aromatic rings. The van der Waals surface area contributed by atoms with E-state index in [1.54, 1.807) is 0 Å². The number of hydrogen-bond acceptors (Lipinski definition) is 0. The third-order valence-electron chi connectivity index (χ3n) is 1.24. The van der Waals surface area contributed by atoms with Gasteiger partial charge >= 0.3 is 6.18 Å². The van der Waals surface area contributed by atoms with Gasteiger partial charge in [-0.05, 0) is 12.3 Å². The minimum Gasteiger partial charge on any atom is -0.171 e. The summed E-state index contributed by atoms with van der Waals surface area (Å²) in [5.74, 6) is 0.377. The Morgan fingerprint density at radius 2 is 1.70 bits per heavy atom. The minimum absolute atomic E-state index is 0.265. The molecule has 0 rings (SSSR count). The molecular formula is C7H13F3. The van der Waals surface area contributed by atoms with Crippen LogP contribution in [-0.4, -0.2) is 6.18 Å². The second kappa shape index (κ2) is 3.84. The Balaban J connectivity index is 3.21. The molecule has 0 amide bonds. The summed E-state index contributed by atoms with van der Waals surface area (Å²) in [6.45, 7) is 3.85. The van der Waals surface area contributed by atoms with E-state index in [2.05, 4.69) is 0 Å². The van der Waals surface area contributed by atoms with E-state index in [0.717, 1.165) is 0 Å². The smallest absolute Gasteiger partial charge is 0.171 e. The zero-order valence-electron chi connectivity index (χ0n) is 6.33. The van der Waals surface area contributed by atoms with Crippen LogP contribution in [0.15, 0.2) is 0 Å². The molecule has 0 bridgehead atoms. The van der Waals surface area contributed by atoms with E-state index in [1.165, 1.54) is 0 Å². The summed E-state index contributed by atoms with van der Waals surface area (Å²) in [6, 6.07) is 0. The van der Waals surface area contributed by atoms with Gasteiger partial charge in [0.25, 0.3) is 0 Å². The Bertz CT molecular complexity index is 83.3. The Kier molecular flexibility index (Phi) is 3.76. The predicted octanol–water partition coefficient (Wildman–Crippen LogP) is 3.38. The van der Waals surface area contributed by atoms with Gasteiger partial charge in [-0.15, -0.1) is 0 Å². The highest BCUT2D eigenvalue weighted by Crippen LogP contribution is 2.23. The van der Waals surface area contributed by atoms with Crippen LogP contribution in [0.3, 0.4) is 0 Å². The molecule has 0 spiro atoms. The van der Waals surface area contributed by atoms with Crippen molar-refractivity contribution in [2.75, 3.05) is 0 Å². The maximum atomic E-state index is 11.5. The van der Waals surface area contributed by atoms with Crippen molar-refractivity contribution in [2.45, 2.75) is 39.3 Å². The van der Waals surface area contributed by atoms with Crippen molar-refractivity contribution in [2.24, 2.45) is 5.92 Å². The second-order valence-corrected chi connectivity index (χ2v) is 2.90. The molecule has 0 saturated heterocycles. The SMILES string of the molecule is CC(C)CCCC(F)(F)F. The zero-order valence-corrected chi connectivity index (χ0v) is 6.33. The van der Waals surface area contributed by atoms with Crippen LogP contribution in [0.5, 0.6) is 0 Å². The number of hydrogen-bond donors (Lipinski definition) is 0. The Labute approximate surface area is 59.4 Å². The first-order valence-electron chi connectivity index (χ1n) is 3.48. The molecule has 0 N–H and O–H groups in total. The van der Waals surface area contributed by atoms with Crippen LogP contribution >= 0.6 is 0 Å². The quantitative estimate of drug-likeness (QED) is 0.584. The first-order chi connectivity index (χ1) is 4.42. The lowest BCUT2D eigenvalue weighted by molar-refractivity contribution is -0.135. The largest absolute Gasteiger partial charge is 0.389 e. The van der Waals surface area contributed by atoms with E-state index < -0.39 is 12.6 Å². The van der Waals surface area contributed by atoms with Gasteiger partial charge in [0.15, 0.2) is 0 Å². The van der Waals surface area contributed by atoms with Gasteiger partial charge in [0.1, 0.15) is 0 Å². The van der Waals surface area contributed by atoms with Gasteiger partial charge in [-0.3, -0.25) is 0 Å². The lowest BCUT2D eigenvalue weighted by atomic mass is 10.1. The molecule has 0 aliphatic heterocycles. The number of rotatable bonds is 3. The fraction of sp³-hybridized carbons (Fsp3) is 1.00. The van der Waals surface area contributed by atoms with Crippen LogP contribution in [0, 0.1) is 5.92 Å². The summed E-state index contributed by atoms with van der Waals surface area (Å²) in [6.07, 6.45) is -3.67. The van der Waals surface area contributed by atoms with Crippen molar-refractivity contribution in [3.63, 3.8) is 0 Å². The highest BCUT2D eigenvalue weighted by Gasteiger charge is 2.25. The van der Waals surface area contributed by atoms with Gasteiger partial charge < -0.3 is 0 Å². The number of halogens is 3. The van der Waals surface area contributed by atoms with E-state index in [4.69, 9.17) is 0 Å². The molecule has 3 heteroatoms. The average molecular weight is 154 g/mol. The summed E-state index contributed by atoms with van der Waals surface area (Å²) >= 11 is 0. The predicted molar refractivity (Wildman–Crippen MR) is 34.7 cm³/mol. The molecule has 62 valence electrons. The first-order valence-corrected chi connectivity index (χ1v) is 3.48. The van der Waals surface area contributed by atoms with Crippen molar-refractivity contribution < 1.29 is 13.2 Å². The molecule has 0 atom stereocenters.